The van der Waals surface area contributed by atoms with Crippen LogP contribution < -0.4 is 15.5 Å². The van der Waals surface area contributed by atoms with Crippen molar-refractivity contribution in [3.8, 4) is 0 Å². The number of nitrogens with one attached hydrogen (secondary N) is 2. The van der Waals surface area contributed by atoms with Crippen LogP contribution in [0, 0.1) is 0 Å². The van der Waals surface area contributed by atoms with Crippen molar-refractivity contribution in [2.24, 2.45) is 0 Å². The van der Waals surface area contributed by atoms with Crippen LogP contribution >= 0.6 is 0 Å². The quantitative estimate of drug-likeness (QED) is 0.690. The summed E-state index contributed by atoms with van der Waals surface area (Å²) >= 11 is 0. The minimum atomic E-state index is -0.685. The zero-order chi connectivity index (χ0) is 19.3. The van der Waals surface area contributed by atoms with Gasteiger partial charge in [0.15, 0.2) is 0 Å². The van der Waals surface area contributed by atoms with E-state index in [0.717, 1.165) is 16.5 Å². The number of hydrogen-bond donors (Lipinski definition) is 2. The molecule has 3 amide bonds. The Bertz CT molecular complexity index is 1140. The molecule has 2 aliphatic heterocycles. The first-order valence-electron chi connectivity index (χ1n) is 9.04. The molecule has 0 saturated carbocycles. The molecule has 5 rings (SSSR count). The minimum Gasteiger partial charge on any atom is -0.340 e. The number of nitrogens with zero attached hydrogens (tertiary/aromatic N) is 2. The fourth-order valence-electron chi connectivity index (χ4n) is 3.93. The van der Waals surface area contributed by atoms with Gasteiger partial charge in [0, 0.05) is 34.6 Å². The van der Waals surface area contributed by atoms with E-state index in [4.69, 9.17) is 0 Å². The number of benzene rings is 2. The Balaban J connectivity index is 1.61. The lowest BCUT2D eigenvalue weighted by Gasteiger charge is -2.30. The van der Waals surface area contributed by atoms with Crippen molar-refractivity contribution >= 4 is 45.7 Å². The van der Waals surface area contributed by atoms with Crippen LogP contribution in [0.25, 0.3) is 10.8 Å². The summed E-state index contributed by atoms with van der Waals surface area (Å²) in [6.45, 7) is 0. The van der Waals surface area contributed by atoms with Gasteiger partial charge >= 0.3 is 0 Å². The van der Waals surface area contributed by atoms with Crippen molar-refractivity contribution in [3.05, 3.63) is 60.3 Å². The minimum absolute atomic E-state index is 0.218. The number of rotatable bonds is 3. The molecule has 0 bridgehead atoms. The molecule has 1 aromatic heterocycles. The first-order valence-corrected chi connectivity index (χ1v) is 9.04. The molecular weight excluding hydrogens is 356 g/mol. The van der Waals surface area contributed by atoms with Crippen LogP contribution in [0.1, 0.15) is 23.2 Å². The van der Waals surface area contributed by atoms with E-state index in [9.17, 15) is 14.4 Å². The van der Waals surface area contributed by atoms with Crippen molar-refractivity contribution in [2.75, 3.05) is 10.2 Å². The molecule has 1 fully saturated rings. The predicted molar refractivity (Wildman–Crippen MR) is 104 cm³/mol. The van der Waals surface area contributed by atoms with Gasteiger partial charge in [0.25, 0.3) is 5.91 Å². The second-order valence-electron chi connectivity index (χ2n) is 6.84. The Kier molecular flexibility index (Phi) is 3.61. The van der Waals surface area contributed by atoms with Gasteiger partial charge in [-0.25, -0.2) is 4.98 Å². The zero-order valence-corrected chi connectivity index (χ0v) is 14.8. The van der Waals surface area contributed by atoms with E-state index in [1.54, 1.807) is 12.3 Å². The smallest absolute Gasteiger partial charge is 0.259 e. The fourth-order valence-corrected chi connectivity index (χ4v) is 3.93. The Morgan fingerprint density at radius 3 is 2.71 bits per heavy atom. The number of piperidine rings is 1. The lowest BCUT2D eigenvalue weighted by Crippen LogP contribution is -2.53. The topological polar surface area (TPSA) is 91.4 Å². The summed E-state index contributed by atoms with van der Waals surface area (Å²) in [7, 11) is 0. The van der Waals surface area contributed by atoms with Crippen molar-refractivity contribution < 1.29 is 14.4 Å². The number of carbonyl (C=O) groups excluding carboxylic acids is 3. The normalized spacial score (nSPS) is 18.5. The monoisotopic (exact) mass is 372 g/mol. The maximum absolute atomic E-state index is 13.1. The van der Waals surface area contributed by atoms with Gasteiger partial charge in [-0.05, 0) is 36.8 Å². The van der Waals surface area contributed by atoms with E-state index < -0.39 is 11.9 Å². The first kappa shape index (κ1) is 16.4. The number of aromatic nitrogens is 1. The third-order valence-electron chi connectivity index (χ3n) is 5.18. The van der Waals surface area contributed by atoms with Crippen LogP contribution in [0.5, 0.6) is 0 Å². The van der Waals surface area contributed by atoms with E-state index in [1.165, 1.54) is 4.90 Å². The van der Waals surface area contributed by atoms with Crippen LogP contribution in [0.2, 0.25) is 0 Å². The molecule has 138 valence electrons. The average molecular weight is 372 g/mol. The van der Waals surface area contributed by atoms with Crippen LogP contribution in [0.3, 0.4) is 0 Å². The van der Waals surface area contributed by atoms with E-state index in [1.807, 2.05) is 42.5 Å². The number of hydrogen-bond acceptors (Lipinski definition) is 5. The lowest BCUT2D eigenvalue weighted by molar-refractivity contribution is -0.134. The summed E-state index contributed by atoms with van der Waals surface area (Å²) < 4.78 is 0. The predicted octanol–water partition coefficient (Wildman–Crippen LogP) is 2.74. The van der Waals surface area contributed by atoms with Crippen LogP contribution in [0.15, 0.2) is 54.7 Å². The molecule has 3 heterocycles. The Hall–Kier alpha value is -3.74. The van der Waals surface area contributed by atoms with E-state index in [2.05, 4.69) is 15.6 Å². The molecule has 1 unspecified atom stereocenters. The third kappa shape index (κ3) is 2.44. The van der Waals surface area contributed by atoms with Crippen molar-refractivity contribution in [3.63, 3.8) is 0 Å². The maximum Gasteiger partial charge on any atom is 0.259 e. The highest BCUT2D eigenvalue weighted by molar-refractivity contribution is 6.28. The second-order valence-corrected chi connectivity index (χ2v) is 6.84. The van der Waals surface area contributed by atoms with E-state index in [0.29, 0.717) is 23.5 Å². The van der Waals surface area contributed by atoms with Crippen LogP contribution in [-0.4, -0.2) is 28.7 Å². The third-order valence-corrected chi connectivity index (χ3v) is 5.18. The zero-order valence-electron chi connectivity index (χ0n) is 14.8. The summed E-state index contributed by atoms with van der Waals surface area (Å²) in [5, 5.41) is 7.31. The molecule has 3 aromatic rings. The van der Waals surface area contributed by atoms with Crippen molar-refractivity contribution in [2.45, 2.75) is 18.9 Å². The average Bonchev–Trinajstić information content (AvgIpc) is 2.98. The van der Waals surface area contributed by atoms with Gasteiger partial charge in [0.1, 0.15) is 11.9 Å². The Morgan fingerprint density at radius 1 is 1.04 bits per heavy atom. The van der Waals surface area contributed by atoms with Crippen molar-refractivity contribution in [1.29, 1.82) is 0 Å². The maximum atomic E-state index is 13.1. The van der Waals surface area contributed by atoms with Gasteiger partial charge in [-0.1, -0.05) is 18.2 Å². The number of anilines is 3. The van der Waals surface area contributed by atoms with Gasteiger partial charge < -0.3 is 5.32 Å². The Labute approximate surface area is 160 Å². The van der Waals surface area contributed by atoms with Gasteiger partial charge in [-0.3, -0.25) is 24.6 Å². The van der Waals surface area contributed by atoms with E-state index in [-0.39, 0.29) is 18.2 Å². The Morgan fingerprint density at radius 2 is 1.93 bits per heavy atom. The summed E-state index contributed by atoms with van der Waals surface area (Å²) in [6, 6.07) is 14.2. The molecule has 2 aliphatic rings. The molecule has 7 nitrogen and oxygen atoms in total. The van der Waals surface area contributed by atoms with Gasteiger partial charge in [0.05, 0.1) is 5.69 Å². The molecule has 1 saturated heterocycles. The molecule has 1 atom stereocenters. The SMILES string of the molecule is O=C1CCC(N2C(=O)c3cccc4c(Nc5ccccn5)ccc2c34)C(=O)N1. The number of carbonyl (C=O) groups is 3. The summed E-state index contributed by atoms with van der Waals surface area (Å²) in [5.74, 6) is -0.244. The van der Waals surface area contributed by atoms with Gasteiger partial charge in [0.2, 0.25) is 11.8 Å². The first-order chi connectivity index (χ1) is 13.6. The standard InChI is InChI=1S/C21H16N4O3/c26-18-10-9-16(20(27)24-18)25-15-8-7-14(23-17-6-1-2-11-22-17)12-4-3-5-13(19(12)15)21(25)28/h1-8,11,16H,9-10H2,(H,22,23)(H,24,26,27). The lowest BCUT2D eigenvalue weighted by atomic mass is 10.0. The second kappa shape index (κ2) is 6.16. The number of imide groups is 1. The fraction of sp³-hybridized carbons (Fsp3) is 0.143. The molecule has 7 heteroatoms. The number of pyridine rings is 1. The highest BCUT2D eigenvalue weighted by Crippen LogP contribution is 2.42. The summed E-state index contributed by atoms with van der Waals surface area (Å²) in [4.78, 5) is 42.8. The van der Waals surface area contributed by atoms with E-state index >= 15 is 0 Å². The van der Waals surface area contributed by atoms with Crippen molar-refractivity contribution in [1.82, 2.24) is 10.3 Å². The molecule has 2 aromatic carbocycles. The highest BCUT2D eigenvalue weighted by Gasteiger charge is 2.40. The molecule has 0 spiro atoms. The largest absolute Gasteiger partial charge is 0.340 e. The number of amides is 3. The molecule has 0 radical (unpaired) electrons. The highest BCUT2D eigenvalue weighted by atomic mass is 16.2. The van der Waals surface area contributed by atoms with Gasteiger partial charge in [-0.15, -0.1) is 0 Å². The molecule has 2 N–H and O–H groups in total. The molecule has 0 aliphatic carbocycles. The molecular formula is C21H16N4O3. The summed E-state index contributed by atoms with van der Waals surface area (Å²) in [5.41, 5.74) is 2.08. The summed E-state index contributed by atoms with van der Waals surface area (Å²) in [6.07, 6.45) is 2.25. The van der Waals surface area contributed by atoms with Gasteiger partial charge in [-0.2, -0.15) is 0 Å². The molecule has 28 heavy (non-hydrogen) atoms. The van der Waals surface area contributed by atoms with Crippen LogP contribution in [0.4, 0.5) is 17.2 Å². The van der Waals surface area contributed by atoms with Crippen LogP contribution in [-0.2, 0) is 9.59 Å².